The van der Waals surface area contributed by atoms with Crippen LogP contribution >= 0.6 is 0 Å². The van der Waals surface area contributed by atoms with E-state index in [1.54, 1.807) is 20.1 Å². The number of likely N-dealkylation sites (N-methyl/N-ethyl adjacent to an activating group) is 1. The van der Waals surface area contributed by atoms with E-state index >= 15 is 0 Å². The van der Waals surface area contributed by atoms with Gasteiger partial charge in [-0.1, -0.05) is 6.07 Å². The van der Waals surface area contributed by atoms with Crippen molar-refractivity contribution in [3.63, 3.8) is 0 Å². The fourth-order valence-electron chi connectivity index (χ4n) is 7.88. The van der Waals surface area contributed by atoms with Gasteiger partial charge in [0.05, 0.1) is 29.8 Å². The van der Waals surface area contributed by atoms with Crippen LogP contribution in [0.4, 0.5) is 0 Å². The van der Waals surface area contributed by atoms with Gasteiger partial charge in [0.1, 0.15) is 17.3 Å². The van der Waals surface area contributed by atoms with Crippen molar-refractivity contribution in [3.05, 3.63) is 69.3 Å². The Hall–Kier alpha value is -3.94. The number of benzene rings is 1. The molecule has 3 heterocycles. The number of methoxy groups -OCH3 is 1. The summed E-state index contributed by atoms with van der Waals surface area (Å²) in [5.74, 6) is 0.244. The number of carbonyl (C=O) groups is 3. The molecule has 2 aromatic rings. The standard InChI is InChI=1S/C34H36N2O6/c1-5-36-31(38)28-25(17-34(36)11-6-12-34)42-24-16-33(13-14-33)15-22(37)27(24)29(28)26-19(3)20(8-10-23(26)41-4)21-9-7-18(2)30(35-21)32(39)40/h7-10,29H,5-6,11-17H2,1-4H3,(H,39,40)/t29-/m0/s1. The molecule has 1 amide bonds. The third-order valence-electron chi connectivity index (χ3n) is 10.5. The van der Waals surface area contributed by atoms with Gasteiger partial charge < -0.3 is 19.5 Å². The minimum Gasteiger partial charge on any atom is -0.496 e. The van der Waals surface area contributed by atoms with Crippen molar-refractivity contribution in [3.8, 4) is 17.0 Å². The topological polar surface area (TPSA) is 106 Å². The highest BCUT2D eigenvalue weighted by Crippen LogP contribution is 2.62. The van der Waals surface area contributed by atoms with E-state index in [4.69, 9.17) is 9.47 Å². The molecule has 8 heteroatoms. The lowest BCUT2D eigenvalue weighted by atomic mass is 9.65. The van der Waals surface area contributed by atoms with Gasteiger partial charge >= 0.3 is 5.97 Å². The number of ether oxygens (including phenoxy) is 2. The van der Waals surface area contributed by atoms with Crippen molar-refractivity contribution in [1.29, 1.82) is 0 Å². The first-order valence-corrected chi connectivity index (χ1v) is 15.0. The summed E-state index contributed by atoms with van der Waals surface area (Å²) in [4.78, 5) is 46.9. The number of allylic oxidation sites excluding steroid dienone is 2. The maximum Gasteiger partial charge on any atom is 0.354 e. The Morgan fingerprint density at radius 3 is 2.40 bits per heavy atom. The van der Waals surface area contributed by atoms with Crippen molar-refractivity contribution < 1.29 is 29.0 Å². The molecule has 0 saturated heterocycles. The molecule has 1 atom stereocenters. The van der Waals surface area contributed by atoms with Crippen LogP contribution in [0.5, 0.6) is 5.75 Å². The Morgan fingerprint density at radius 1 is 1.05 bits per heavy atom. The van der Waals surface area contributed by atoms with Gasteiger partial charge in [0.2, 0.25) is 0 Å². The first-order valence-electron chi connectivity index (χ1n) is 15.0. The van der Waals surface area contributed by atoms with E-state index in [2.05, 4.69) is 4.98 Å². The highest BCUT2D eigenvalue weighted by atomic mass is 16.5. The van der Waals surface area contributed by atoms with Crippen LogP contribution in [-0.4, -0.2) is 51.8 Å². The van der Waals surface area contributed by atoms with E-state index in [-0.39, 0.29) is 28.3 Å². The lowest BCUT2D eigenvalue weighted by Crippen LogP contribution is -2.60. The molecule has 3 aliphatic carbocycles. The van der Waals surface area contributed by atoms with E-state index in [0.717, 1.165) is 48.8 Å². The molecule has 0 bridgehead atoms. The van der Waals surface area contributed by atoms with Crippen LogP contribution in [0.15, 0.2) is 46.9 Å². The molecular formula is C34H36N2O6. The third kappa shape index (κ3) is 3.80. The number of nitrogens with zero attached hydrogens (tertiary/aromatic N) is 2. The molecule has 0 radical (unpaired) electrons. The molecule has 1 aromatic heterocycles. The molecule has 8 nitrogen and oxygen atoms in total. The Morgan fingerprint density at radius 2 is 1.79 bits per heavy atom. The van der Waals surface area contributed by atoms with Crippen LogP contribution in [-0.2, 0) is 14.3 Å². The zero-order valence-corrected chi connectivity index (χ0v) is 24.6. The summed E-state index contributed by atoms with van der Waals surface area (Å²) in [7, 11) is 1.60. The summed E-state index contributed by atoms with van der Waals surface area (Å²) in [5.41, 5.74) is 4.23. The largest absolute Gasteiger partial charge is 0.496 e. The number of ketones is 1. The Kier molecular flexibility index (Phi) is 5.95. The highest BCUT2D eigenvalue weighted by molar-refractivity contribution is 6.06. The molecule has 1 aromatic carbocycles. The first-order chi connectivity index (χ1) is 20.1. The van der Waals surface area contributed by atoms with E-state index in [1.807, 2.05) is 36.9 Å². The number of aromatic nitrogens is 1. The number of Topliss-reactive ketones (excluding diaryl/α,β-unsaturated/α-hetero) is 1. The van der Waals surface area contributed by atoms with Crippen LogP contribution in [0, 0.1) is 19.3 Å². The van der Waals surface area contributed by atoms with Gasteiger partial charge in [-0.2, -0.15) is 0 Å². The van der Waals surface area contributed by atoms with Gasteiger partial charge in [-0.05, 0) is 87.6 Å². The van der Waals surface area contributed by atoms with Crippen LogP contribution in [0.3, 0.4) is 0 Å². The predicted molar refractivity (Wildman–Crippen MR) is 155 cm³/mol. The molecule has 0 unspecified atom stereocenters. The van der Waals surface area contributed by atoms with Crippen molar-refractivity contribution in [1.82, 2.24) is 9.88 Å². The van der Waals surface area contributed by atoms with Gasteiger partial charge in [-0.3, -0.25) is 9.59 Å². The average molecular weight is 569 g/mol. The van der Waals surface area contributed by atoms with Crippen molar-refractivity contribution >= 4 is 17.7 Å². The Balaban J connectivity index is 1.46. The molecular weight excluding hydrogens is 532 g/mol. The maximum atomic E-state index is 14.5. The number of aryl methyl sites for hydroxylation is 1. The second-order valence-corrected chi connectivity index (χ2v) is 12.8. The van der Waals surface area contributed by atoms with Crippen LogP contribution in [0.1, 0.15) is 91.4 Å². The zero-order chi connectivity index (χ0) is 29.6. The number of hydrogen-bond acceptors (Lipinski definition) is 6. The van der Waals surface area contributed by atoms with E-state index in [1.165, 1.54) is 0 Å². The third-order valence-corrected chi connectivity index (χ3v) is 10.5. The molecule has 2 saturated carbocycles. The summed E-state index contributed by atoms with van der Waals surface area (Å²) >= 11 is 0. The van der Waals surface area contributed by atoms with Gasteiger partial charge in [0.25, 0.3) is 5.91 Å². The number of pyridine rings is 1. The van der Waals surface area contributed by atoms with Gasteiger partial charge in [-0.25, -0.2) is 9.78 Å². The predicted octanol–water partition coefficient (Wildman–Crippen LogP) is 6.01. The van der Waals surface area contributed by atoms with Gasteiger partial charge in [0.15, 0.2) is 11.5 Å². The molecule has 2 aliphatic heterocycles. The minimum absolute atomic E-state index is 0.00523. The van der Waals surface area contributed by atoms with Crippen LogP contribution in [0.25, 0.3) is 11.3 Å². The summed E-state index contributed by atoms with van der Waals surface area (Å²) in [6, 6.07) is 7.28. The monoisotopic (exact) mass is 568 g/mol. The fraction of sp³-hybridized carbons (Fsp3) is 0.471. The number of aromatic carboxylic acids is 1. The number of carboxylic acids is 1. The minimum atomic E-state index is -1.09. The van der Waals surface area contributed by atoms with Crippen molar-refractivity contribution in [2.45, 2.75) is 83.6 Å². The fourth-order valence-corrected chi connectivity index (χ4v) is 7.88. The Bertz CT molecular complexity index is 1640. The number of carboxylic acid groups (broad SMARTS) is 1. The second kappa shape index (κ2) is 9.28. The smallest absolute Gasteiger partial charge is 0.354 e. The molecule has 5 aliphatic rings. The van der Waals surface area contributed by atoms with E-state index < -0.39 is 11.9 Å². The first kappa shape index (κ1) is 26.9. The second-order valence-electron chi connectivity index (χ2n) is 12.8. The summed E-state index contributed by atoms with van der Waals surface area (Å²) < 4.78 is 12.6. The molecule has 7 rings (SSSR count). The molecule has 1 N–H and O–H groups in total. The number of amides is 1. The zero-order valence-electron chi connectivity index (χ0n) is 24.6. The van der Waals surface area contributed by atoms with Gasteiger partial charge in [0, 0.05) is 42.5 Å². The van der Waals surface area contributed by atoms with E-state index in [9.17, 15) is 19.5 Å². The molecule has 2 fully saturated rings. The van der Waals surface area contributed by atoms with Crippen LogP contribution < -0.4 is 4.74 Å². The number of hydrogen-bond donors (Lipinski definition) is 1. The quantitative estimate of drug-likeness (QED) is 0.471. The maximum absolute atomic E-state index is 14.5. The summed E-state index contributed by atoms with van der Waals surface area (Å²) in [6.45, 7) is 6.28. The summed E-state index contributed by atoms with van der Waals surface area (Å²) in [6.07, 6.45) is 6.86. The van der Waals surface area contributed by atoms with E-state index in [0.29, 0.717) is 65.5 Å². The van der Waals surface area contributed by atoms with Crippen molar-refractivity contribution in [2.24, 2.45) is 5.41 Å². The van der Waals surface area contributed by atoms with Crippen molar-refractivity contribution in [2.75, 3.05) is 13.7 Å². The molecule has 42 heavy (non-hydrogen) atoms. The van der Waals surface area contributed by atoms with Crippen LogP contribution in [0.2, 0.25) is 0 Å². The molecule has 218 valence electrons. The SMILES string of the molecule is CCN1C(=O)C2=C(CC13CCC3)OC1=C(C(=O)CC3(CC3)C1)[C@@H]2c1c(OC)ccc(-c2ccc(C)c(C(=O)O)n2)c1C. The average Bonchev–Trinajstić information content (AvgIpc) is 3.68. The lowest BCUT2D eigenvalue weighted by molar-refractivity contribution is -0.140. The van der Waals surface area contributed by atoms with Gasteiger partial charge in [-0.15, -0.1) is 0 Å². The normalized spacial score (nSPS) is 23.4. The lowest BCUT2D eigenvalue weighted by Gasteiger charge is -2.55. The number of rotatable bonds is 5. The highest BCUT2D eigenvalue weighted by Gasteiger charge is 2.57. The Labute approximate surface area is 245 Å². The molecule has 2 spiro atoms. The summed E-state index contributed by atoms with van der Waals surface area (Å²) in [5, 5.41) is 9.74. The number of carbonyl (C=O) groups excluding carboxylic acids is 2.